The molecule has 3 nitrogen and oxygen atoms in total. The zero-order valence-corrected chi connectivity index (χ0v) is 9.04. The van der Waals surface area contributed by atoms with Gasteiger partial charge in [0.2, 0.25) is 0 Å². The van der Waals surface area contributed by atoms with Crippen LogP contribution in [0.5, 0.6) is 5.75 Å². The first kappa shape index (κ1) is 10.2. The molecule has 0 spiro atoms. The van der Waals surface area contributed by atoms with E-state index in [1.165, 1.54) is 0 Å². The standard InChI is InChI=1S/C12H15NO2/c1-12(7-10(14)8-13-12)9-3-5-11(15-2)6-4-9/h3-6,13H,7-8H2,1-2H3. The lowest BCUT2D eigenvalue weighted by Crippen LogP contribution is -2.32. The SMILES string of the molecule is COc1ccc(C2(C)CC(=O)CN2)cc1. The largest absolute Gasteiger partial charge is 0.497 e. The van der Waals surface area contributed by atoms with Gasteiger partial charge >= 0.3 is 0 Å². The Labute approximate surface area is 89.4 Å². The first-order valence-corrected chi connectivity index (χ1v) is 5.05. The van der Waals surface area contributed by atoms with Crippen LogP contribution in [0.2, 0.25) is 0 Å². The van der Waals surface area contributed by atoms with Crippen molar-refractivity contribution < 1.29 is 9.53 Å². The summed E-state index contributed by atoms with van der Waals surface area (Å²) >= 11 is 0. The number of hydrogen-bond acceptors (Lipinski definition) is 3. The number of carbonyl (C=O) groups is 1. The van der Waals surface area contributed by atoms with E-state index in [1.54, 1.807) is 7.11 Å². The van der Waals surface area contributed by atoms with Gasteiger partial charge in [-0.25, -0.2) is 0 Å². The molecule has 1 unspecified atom stereocenters. The van der Waals surface area contributed by atoms with Gasteiger partial charge in [-0.05, 0) is 24.6 Å². The molecule has 1 aromatic rings. The molecule has 80 valence electrons. The number of Topliss-reactive ketones (excluding diaryl/α,β-unsaturated/α-hetero) is 1. The lowest BCUT2D eigenvalue weighted by Gasteiger charge is -2.24. The average Bonchev–Trinajstić information content (AvgIpc) is 2.60. The molecule has 0 bridgehead atoms. The maximum Gasteiger partial charge on any atom is 0.148 e. The molecule has 0 saturated carbocycles. The van der Waals surface area contributed by atoms with Crippen molar-refractivity contribution in [1.82, 2.24) is 5.32 Å². The molecular weight excluding hydrogens is 190 g/mol. The van der Waals surface area contributed by atoms with E-state index < -0.39 is 0 Å². The Kier molecular flexibility index (Phi) is 2.49. The second-order valence-corrected chi connectivity index (χ2v) is 4.13. The zero-order chi connectivity index (χ0) is 10.9. The summed E-state index contributed by atoms with van der Waals surface area (Å²) in [5.74, 6) is 1.11. The van der Waals surface area contributed by atoms with E-state index >= 15 is 0 Å². The second-order valence-electron chi connectivity index (χ2n) is 4.13. The smallest absolute Gasteiger partial charge is 0.148 e. The molecule has 1 saturated heterocycles. The fourth-order valence-electron chi connectivity index (χ4n) is 1.98. The third-order valence-corrected chi connectivity index (χ3v) is 2.95. The number of benzene rings is 1. The molecular formula is C12H15NO2. The van der Waals surface area contributed by atoms with Crippen molar-refractivity contribution in [3.05, 3.63) is 29.8 Å². The highest BCUT2D eigenvalue weighted by atomic mass is 16.5. The summed E-state index contributed by atoms with van der Waals surface area (Å²) in [5, 5.41) is 3.25. The number of rotatable bonds is 2. The van der Waals surface area contributed by atoms with Gasteiger partial charge in [0.05, 0.1) is 13.7 Å². The van der Waals surface area contributed by atoms with E-state index in [2.05, 4.69) is 12.2 Å². The van der Waals surface area contributed by atoms with Crippen LogP contribution in [0.15, 0.2) is 24.3 Å². The highest BCUT2D eigenvalue weighted by Crippen LogP contribution is 2.29. The van der Waals surface area contributed by atoms with Gasteiger partial charge in [0.15, 0.2) is 0 Å². The fraction of sp³-hybridized carbons (Fsp3) is 0.417. The van der Waals surface area contributed by atoms with Crippen LogP contribution in [0.25, 0.3) is 0 Å². The van der Waals surface area contributed by atoms with Crippen molar-refractivity contribution in [2.24, 2.45) is 0 Å². The van der Waals surface area contributed by atoms with E-state index in [0.29, 0.717) is 13.0 Å². The molecule has 0 radical (unpaired) electrons. The number of ether oxygens (including phenoxy) is 1. The molecule has 1 heterocycles. The monoisotopic (exact) mass is 205 g/mol. The van der Waals surface area contributed by atoms with E-state index in [1.807, 2.05) is 24.3 Å². The van der Waals surface area contributed by atoms with Crippen molar-refractivity contribution >= 4 is 5.78 Å². The molecule has 1 aromatic carbocycles. The molecule has 1 aliphatic rings. The summed E-state index contributed by atoms with van der Waals surface area (Å²) in [4.78, 5) is 11.3. The van der Waals surface area contributed by atoms with Crippen molar-refractivity contribution in [2.45, 2.75) is 18.9 Å². The predicted molar refractivity (Wildman–Crippen MR) is 58.0 cm³/mol. The first-order valence-electron chi connectivity index (χ1n) is 5.05. The highest BCUT2D eigenvalue weighted by Gasteiger charge is 2.34. The van der Waals surface area contributed by atoms with Gasteiger partial charge < -0.3 is 10.1 Å². The molecule has 1 fully saturated rings. The van der Waals surface area contributed by atoms with Crippen LogP contribution < -0.4 is 10.1 Å². The summed E-state index contributed by atoms with van der Waals surface area (Å²) in [6.45, 7) is 2.53. The van der Waals surface area contributed by atoms with Crippen LogP contribution in [0.1, 0.15) is 18.9 Å². The van der Waals surface area contributed by atoms with Gasteiger partial charge in [0.25, 0.3) is 0 Å². The summed E-state index contributed by atoms with van der Waals surface area (Å²) in [6.07, 6.45) is 0.569. The van der Waals surface area contributed by atoms with Crippen LogP contribution in [0, 0.1) is 0 Å². The lowest BCUT2D eigenvalue weighted by molar-refractivity contribution is -0.116. The van der Waals surface area contributed by atoms with Crippen molar-refractivity contribution in [2.75, 3.05) is 13.7 Å². The maximum absolute atomic E-state index is 11.3. The molecule has 1 atom stereocenters. The Balaban J connectivity index is 2.25. The van der Waals surface area contributed by atoms with E-state index in [0.717, 1.165) is 11.3 Å². The average molecular weight is 205 g/mol. The van der Waals surface area contributed by atoms with Crippen LogP contribution in [0.3, 0.4) is 0 Å². The van der Waals surface area contributed by atoms with Gasteiger partial charge in [-0.1, -0.05) is 12.1 Å². The number of carbonyl (C=O) groups excluding carboxylic acids is 1. The van der Waals surface area contributed by atoms with Crippen molar-refractivity contribution in [1.29, 1.82) is 0 Å². The molecule has 0 amide bonds. The van der Waals surface area contributed by atoms with Crippen molar-refractivity contribution in [3.8, 4) is 5.75 Å². The molecule has 1 aliphatic heterocycles. The quantitative estimate of drug-likeness (QED) is 0.794. The number of ketones is 1. The molecule has 1 N–H and O–H groups in total. The first-order chi connectivity index (χ1) is 7.14. The molecule has 3 heteroatoms. The Morgan fingerprint density at radius 1 is 1.33 bits per heavy atom. The van der Waals surface area contributed by atoms with Crippen LogP contribution in [-0.2, 0) is 10.3 Å². The normalized spacial score (nSPS) is 25.6. The number of nitrogens with one attached hydrogen (secondary N) is 1. The summed E-state index contributed by atoms with van der Waals surface area (Å²) < 4.78 is 5.10. The van der Waals surface area contributed by atoms with Crippen LogP contribution in [-0.4, -0.2) is 19.4 Å². The summed E-state index contributed by atoms with van der Waals surface area (Å²) in [6, 6.07) is 7.85. The number of methoxy groups -OCH3 is 1. The van der Waals surface area contributed by atoms with Gasteiger partial charge in [0.1, 0.15) is 11.5 Å². The molecule has 0 aliphatic carbocycles. The summed E-state index contributed by atoms with van der Waals surface area (Å²) in [7, 11) is 1.65. The topological polar surface area (TPSA) is 38.3 Å². The number of hydrogen-bond donors (Lipinski definition) is 1. The van der Waals surface area contributed by atoms with Gasteiger partial charge in [-0.15, -0.1) is 0 Å². The lowest BCUT2D eigenvalue weighted by atomic mass is 9.90. The Bertz CT molecular complexity index is 372. The minimum absolute atomic E-state index is 0.205. The zero-order valence-electron chi connectivity index (χ0n) is 9.04. The van der Waals surface area contributed by atoms with E-state index in [4.69, 9.17) is 4.74 Å². The van der Waals surface area contributed by atoms with E-state index in [9.17, 15) is 4.79 Å². The third-order valence-electron chi connectivity index (χ3n) is 2.95. The Morgan fingerprint density at radius 2 is 2.00 bits per heavy atom. The van der Waals surface area contributed by atoms with Gasteiger partial charge in [-0.2, -0.15) is 0 Å². The van der Waals surface area contributed by atoms with Crippen LogP contribution in [0.4, 0.5) is 0 Å². The minimum atomic E-state index is -0.205. The van der Waals surface area contributed by atoms with E-state index in [-0.39, 0.29) is 11.3 Å². The second kappa shape index (κ2) is 3.66. The van der Waals surface area contributed by atoms with Crippen molar-refractivity contribution in [3.63, 3.8) is 0 Å². The fourth-order valence-corrected chi connectivity index (χ4v) is 1.98. The molecule has 0 aromatic heterocycles. The Morgan fingerprint density at radius 3 is 2.47 bits per heavy atom. The van der Waals surface area contributed by atoms with Gasteiger partial charge in [0, 0.05) is 12.0 Å². The Hall–Kier alpha value is -1.35. The maximum atomic E-state index is 11.3. The predicted octanol–water partition coefficient (Wildman–Crippen LogP) is 1.47. The van der Waals surface area contributed by atoms with Crippen LogP contribution >= 0.6 is 0 Å². The third kappa shape index (κ3) is 1.88. The summed E-state index contributed by atoms with van der Waals surface area (Å²) in [5.41, 5.74) is 0.928. The molecule has 2 rings (SSSR count). The van der Waals surface area contributed by atoms with Gasteiger partial charge in [-0.3, -0.25) is 4.79 Å². The minimum Gasteiger partial charge on any atom is -0.497 e. The highest BCUT2D eigenvalue weighted by molar-refractivity contribution is 5.84. The molecule has 15 heavy (non-hydrogen) atoms.